The molecule has 2 unspecified atom stereocenters. The van der Waals surface area contributed by atoms with Crippen LogP contribution in [0.5, 0.6) is 5.75 Å². The molecule has 0 saturated carbocycles. The molecule has 0 radical (unpaired) electrons. The quantitative estimate of drug-likeness (QED) is 0.848. The molecule has 0 spiro atoms. The van der Waals surface area contributed by atoms with Gasteiger partial charge in [-0.1, -0.05) is 12.1 Å². The Morgan fingerprint density at radius 3 is 2.74 bits per heavy atom. The highest BCUT2D eigenvalue weighted by Crippen LogP contribution is 2.32. The predicted molar refractivity (Wildman–Crippen MR) is 91.5 cm³/mol. The number of nitrogens with one attached hydrogen (secondary N) is 2. The number of ether oxygens (including phenoxy) is 1. The second kappa shape index (κ2) is 7.35. The van der Waals surface area contributed by atoms with Gasteiger partial charge < -0.3 is 15.4 Å². The predicted octanol–water partition coefficient (Wildman–Crippen LogP) is 2.93. The van der Waals surface area contributed by atoms with E-state index < -0.39 is 0 Å². The van der Waals surface area contributed by atoms with Gasteiger partial charge in [-0.05, 0) is 57.1 Å². The van der Waals surface area contributed by atoms with Crippen LogP contribution in [0.2, 0.25) is 0 Å². The van der Waals surface area contributed by atoms with E-state index in [1.807, 2.05) is 19.1 Å². The molecule has 4 nitrogen and oxygen atoms in total. The van der Waals surface area contributed by atoms with E-state index >= 15 is 0 Å². The van der Waals surface area contributed by atoms with Crippen LogP contribution in [-0.2, 0) is 11.3 Å². The number of piperidine rings is 1. The molecular weight excluding hydrogens is 288 g/mol. The Kier molecular flexibility index (Phi) is 5.21. The van der Waals surface area contributed by atoms with Crippen molar-refractivity contribution in [2.24, 2.45) is 5.92 Å². The fourth-order valence-electron chi connectivity index (χ4n) is 3.97. The first-order chi connectivity index (χ1) is 11.1. The van der Waals surface area contributed by atoms with E-state index in [0.29, 0.717) is 37.6 Å². The summed E-state index contributed by atoms with van der Waals surface area (Å²) in [6.45, 7) is 5.22. The summed E-state index contributed by atoms with van der Waals surface area (Å²) in [5, 5.41) is 6.71. The molecule has 1 aromatic rings. The van der Waals surface area contributed by atoms with E-state index in [0.717, 1.165) is 24.2 Å². The van der Waals surface area contributed by atoms with Gasteiger partial charge in [0.15, 0.2) is 0 Å². The average Bonchev–Trinajstić information content (AvgIpc) is 2.85. The van der Waals surface area contributed by atoms with Crippen LogP contribution in [0.15, 0.2) is 18.2 Å². The molecule has 0 aromatic heterocycles. The van der Waals surface area contributed by atoms with E-state index in [1.54, 1.807) is 0 Å². The zero-order chi connectivity index (χ0) is 16.2. The number of hydrogen-bond donors (Lipinski definition) is 2. The molecule has 2 N–H and O–H groups in total. The summed E-state index contributed by atoms with van der Waals surface area (Å²) in [5.41, 5.74) is 2.23. The first-order valence-corrected chi connectivity index (χ1v) is 8.89. The van der Waals surface area contributed by atoms with Crippen molar-refractivity contribution in [3.05, 3.63) is 29.3 Å². The smallest absolute Gasteiger partial charge is 0.220 e. The van der Waals surface area contributed by atoms with E-state index in [2.05, 4.69) is 23.6 Å². The van der Waals surface area contributed by atoms with E-state index in [9.17, 15) is 4.79 Å². The van der Waals surface area contributed by atoms with Crippen LogP contribution in [0, 0.1) is 12.8 Å². The van der Waals surface area contributed by atoms with Gasteiger partial charge in [0.25, 0.3) is 0 Å². The third-order valence-electron chi connectivity index (χ3n) is 5.04. The largest absolute Gasteiger partial charge is 0.494 e. The monoisotopic (exact) mass is 316 g/mol. The summed E-state index contributed by atoms with van der Waals surface area (Å²) in [7, 11) is 0. The Bertz CT molecular complexity index is 546. The first-order valence-electron chi connectivity index (χ1n) is 8.89. The Morgan fingerprint density at radius 1 is 1.30 bits per heavy atom. The summed E-state index contributed by atoms with van der Waals surface area (Å²) in [5.74, 6) is 1.59. The zero-order valence-corrected chi connectivity index (χ0v) is 14.2. The van der Waals surface area contributed by atoms with Crippen LogP contribution in [-0.4, -0.2) is 24.6 Å². The molecule has 1 aromatic carbocycles. The van der Waals surface area contributed by atoms with Gasteiger partial charge in [0, 0.05) is 30.6 Å². The highest BCUT2D eigenvalue weighted by atomic mass is 16.5. The minimum Gasteiger partial charge on any atom is -0.494 e. The SMILES string of the molecule is CCOc1cc(C)ccc1CNC(=O)CC1CC2CCC(C1)N2. The number of benzene rings is 1. The van der Waals surface area contributed by atoms with Crippen LogP contribution in [0.1, 0.15) is 50.2 Å². The van der Waals surface area contributed by atoms with Crippen molar-refractivity contribution in [2.45, 2.75) is 64.6 Å². The minimum atomic E-state index is 0.166. The van der Waals surface area contributed by atoms with Gasteiger partial charge in [-0.25, -0.2) is 0 Å². The Hall–Kier alpha value is -1.55. The van der Waals surface area contributed by atoms with E-state index in [1.165, 1.54) is 18.4 Å². The number of fused-ring (bicyclic) bond motifs is 2. The van der Waals surface area contributed by atoms with Crippen LogP contribution < -0.4 is 15.4 Å². The van der Waals surface area contributed by atoms with Gasteiger partial charge >= 0.3 is 0 Å². The van der Waals surface area contributed by atoms with Crippen molar-refractivity contribution < 1.29 is 9.53 Å². The van der Waals surface area contributed by atoms with Crippen molar-refractivity contribution in [1.29, 1.82) is 0 Å². The second-order valence-corrected chi connectivity index (χ2v) is 7.00. The Morgan fingerprint density at radius 2 is 2.04 bits per heavy atom. The first kappa shape index (κ1) is 16.3. The summed E-state index contributed by atoms with van der Waals surface area (Å²) >= 11 is 0. The maximum Gasteiger partial charge on any atom is 0.220 e. The molecule has 1 amide bonds. The normalized spacial score (nSPS) is 26.1. The molecule has 2 fully saturated rings. The third-order valence-corrected chi connectivity index (χ3v) is 5.04. The molecule has 4 heteroatoms. The summed E-state index contributed by atoms with van der Waals surface area (Å²) in [6, 6.07) is 7.44. The molecule has 3 rings (SSSR count). The fraction of sp³-hybridized carbons (Fsp3) is 0.632. The molecule has 2 aliphatic rings. The maximum atomic E-state index is 12.3. The molecule has 126 valence electrons. The minimum absolute atomic E-state index is 0.166. The number of rotatable bonds is 6. The Balaban J connectivity index is 1.51. The molecule has 2 atom stereocenters. The molecule has 0 aliphatic carbocycles. The van der Waals surface area contributed by atoms with Crippen LogP contribution in [0.3, 0.4) is 0 Å². The van der Waals surface area contributed by atoms with Gasteiger partial charge in [0.1, 0.15) is 5.75 Å². The van der Waals surface area contributed by atoms with Crippen LogP contribution >= 0.6 is 0 Å². The number of aryl methyl sites for hydroxylation is 1. The number of hydrogen-bond acceptors (Lipinski definition) is 3. The molecule has 2 bridgehead atoms. The number of carbonyl (C=O) groups excluding carboxylic acids is 1. The van der Waals surface area contributed by atoms with Crippen molar-refractivity contribution in [3.8, 4) is 5.75 Å². The topological polar surface area (TPSA) is 50.4 Å². The number of amides is 1. The van der Waals surface area contributed by atoms with Gasteiger partial charge in [-0.2, -0.15) is 0 Å². The molecular formula is C19H28N2O2. The maximum absolute atomic E-state index is 12.3. The average molecular weight is 316 g/mol. The lowest BCUT2D eigenvalue weighted by molar-refractivity contribution is -0.122. The lowest BCUT2D eigenvalue weighted by atomic mass is 9.89. The van der Waals surface area contributed by atoms with Crippen LogP contribution in [0.25, 0.3) is 0 Å². The van der Waals surface area contributed by atoms with Crippen molar-refractivity contribution in [3.63, 3.8) is 0 Å². The van der Waals surface area contributed by atoms with Gasteiger partial charge in [-0.15, -0.1) is 0 Å². The zero-order valence-electron chi connectivity index (χ0n) is 14.2. The highest BCUT2D eigenvalue weighted by molar-refractivity contribution is 5.76. The van der Waals surface area contributed by atoms with Gasteiger partial charge in [-0.3, -0.25) is 4.79 Å². The van der Waals surface area contributed by atoms with Crippen LogP contribution in [0.4, 0.5) is 0 Å². The lowest BCUT2D eigenvalue weighted by Crippen LogP contribution is -2.39. The molecule has 2 saturated heterocycles. The standard InChI is InChI=1S/C19H28N2O2/c1-3-23-18-8-13(2)4-5-15(18)12-20-19(22)11-14-9-16-6-7-17(10-14)21-16/h4-5,8,14,16-17,21H,3,6-7,9-12H2,1-2H3,(H,20,22). The third kappa shape index (κ3) is 4.25. The van der Waals surface area contributed by atoms with E-state index in [4.69, 9.17) is 4.74 Å². The van der Waals surface area contributed by atoms with Gasteiger partial charge in [0.05, 0.1) is 6.61 Å². The van der Waals surface area contributed by atoms with Gasteiger partial charge in [0.2, 0.25) is 5.91 Å². The highest BCUT2D eigenvalue weighted by Gasteiger charge is 2.34. The van der Waals surface area contributed by atoms with Crippen molar-refractivity contribution in [2.75, 3.05) is 6.61 Å². The summed E-state index contributed by atoms with van der Waals surface area (Å²) in [4.78, 5) is 12.3. The molecule has 23 heavy (non-hydrogen) atoms. The summed E-state index contributed by atoms with van der Waals surface area (Å²) in [6.07, 6.45) is 5.52. The lowest BCUT2D eigenvalue weighted by Gasteiger charge is -2.28. The Labute approximate surface area is 139 Å². The van der Waals surface area contributed by atoms with Crippen molar-refractivity contribution in [1.82, 2.24) is 10.6 Å². The van der Waals surface area contributed by atoms with Crippen molar-refractivity contribution >= 4 is 5.91 Å². The fourth-order valence-corrected chi connectivity index (χ4v) is 3.97. The van der Waals surface area contributed by atoms with E-state index in [-0.39, 0.29) is 5.91 Å². The second-order valence-electron chi connectivity index (χ2n) is 7.00. The molecule has 2 heterocycles. The summed E-state index contributed by atoms with van der Waals surface area (Å²) < 4.78 is 5.68. The number of carbonyl (C=O) groups is 1. The molecule has 2 aliphatic heterocycles.